The zero-order chi connectivity index (χ0) is 18.4. The minimum atomic E-state index is -0.280. The summed E-state index contributed by atoms with van der Waals surface area (Å²) in [5.74, 6) is 1.01. The summed E-state index contributed by atoms with van der Waals surface area (Å²) in [5, 5.41) is 0.800. The molecule has 5 nitrogen and oxygen atoms in total. The van der Waals surface area contributed by atoms with E-state index in [9.17, 15) is 9.18 Å². The highest BCUT2D eigenvalue weighted by Gasteiger charge is 2.30. The van der Waals surface area contributed by atoms with Crippen LogP contribution in [0.3, 0.4) is 0 Å². The van der Waals surface area contributed by atoms with Crippen molar-refractivity contribution in [2.75, 3.05) is 13.1 Å². The number of halogens is 1. The number of aryl methyl sites for hydroxylation is 3. The average Bonchev–Trinajstić information content (AvgIpc) is 3.16. The van der Waals surface area contributed by atoms with Gasteiger partial charge in [-0.3, -0.25) is 4.79 Å². The third-order valence-electron chi connectivity index (χ3n) is 5.55. The van der Waals surface area contributed by atoms with Gasteiger partial charge in [0.1, 0.15) is 17.3 Å². The molecule has 0 N–H and O–H groups in total. The first-order valence-electron chi connectivity index (χ1n) is 8.98. The number of hydrogen-bond donors (Lipinski definition) is 0. The second-order valence-electron chi connectivity index (χ2n) is 7.18. The number of benzene rings is 1. The van der Waals surface area contributed by atoms with Gasteiger partial charge in [0.25, 0.3) is 5.91 Å². The number of imidazole rings is 1. The molecule has 1 fully saturated rings. The van der Waals surface area contributed by atoms with Crippen LogP contribution >= 0.6 is 0 Å². The van der Waals surface area contributed by atoms with Crippen LogP contribution in [-0.2, 0) is 14.1 Å². The highest BCUT2D eigenvalue weighted by Crippen LogP contribution is 2.30. The molecule has 26 heavy (non-hydrogen) atoms. The fourth-order valence-corrected chi connectivity index (χ4v) is 4.20. The molecular weight excluding hydrogens is 331 g/mol. The van der Waals surface area contributed by atoms with Crippen LogP contribution < -0.4 is 0 Å². The third kappa shape index (κ3) is 2.60. The van der Waals surface area contributed by atoms with E-state index >= 15 is 0 Å². The Balaban J connectivity index is 1.67. The maximum atomic E-state index is 13.6. The Kier molecular flexibility index (Phi) is 4.05. The Morgan fingerprint density at radius 3 is 2.85 bits per heavy atom. The van der Waals surface area contributed by atoms with Gasteiger partial charge in [0.15, 0.2) is 0 Å². The number of hydrogen-bond acceptors (Lipinski definition) is 2. The van der Waals surface area contributed by atoms with Crippen LogP contribution in [-0.4, -0.2) is 38.0 Å². The van der Waals surface area contributed by atoms with Crippen LogP contribution in [0.15, 0.2) is 30.6 Å². The Bertz CT molecular complexity index is 987. The van der Waals surface area contributed by atoms with Gasteiger partial charge in [-0.2, -0.15) is 0 Å². The molecule has 0 aliphatic carbocycles. The lowest BCUT2D eigenvalue weighted by Crippen LogP contribution is -2.40. The van der Waals surface area contributed by atoms with Gasteiger partial charge in [-0.15, -0.1) is 0 Å². The topological polar surface area (TPSA) is 43.1 Å². The summed E-state index contributed by atoms with van der Waals surface area (Å²) >= 11 is 0. The smallest absolute Gasteiger partial charge is 0.270 e. The highest BCUT2D eigenvalue weighted by molar-refractivity contribution is 6.01. The zero-order valence-corrected chi connectivity index (χ0v) is 15.4. The van der Waals surface area contributed by atoms with Crippen molar-refractivity contribution in [3.8, 4) is 0 Å². The fraction of sp³-hybridized carbons (Fsp3) is 0.400. The first-order chi connectivity index (χ1) is 12.5. The maximum absolute atomic E-state index is 13.6. The lowest BCUT2D eigenvalue weighted by atomic mass is 9.96. The maximum Gasteiger partial charge on any atom is 0.270 e. The lowest BCUT2D eigenvalue weighted by molar-refractivity contribution is 0.0693. The Hall–Kier alpha value is -2.63. The third-order valence-corrected chi connectivity index (χ3v) is 5.55. The summed E-state index contributed by atoms with van der Waals surface area (Å²) in [6.07, 6.45) is 5.74. The number of rotatable bonds is 2. The predicted molar refractivity (Wildman–Crippen MR) is 98.7 cm³/mol. The van der Waals surface area contributed by atoms with Gasteiger partial charge >= 0.3 is 0 Å². The molecule has 3 aromatic rings. The second-order valence-corrected chi connectivity index (χ2v) is 7.18. The fourth-order valence-electron chi connectivity index (χ4n) is 4.20. The minimum Gasteiger partial charge on any atom is -0.339 e. The van der Waals surface area contributed by atoms with E-state index in [0.717, 1.165) is 41.7 Å². The molecular formula is C20H23FN4O. The van der Waals surface area contributed by atoms with Crippen molar-refractivity contribution in [3.63, 3.8) is 0 Å². The molecule has 0 unspecified atom stereocenters. The van der Waals surface area contributed by atoms with Crippen molar-refractivity contribution in [2.45, 2.75) is 25.7 Å². The molecule has 0 radical (unpaired) electrons. The van der Waals surface area contributed by atoms with Crippen molar-refractivity contribution in [1.29, 1.82) is 0 Å². The Morgan fingerprint density at radius 1 is 1.31 bits per heavy atom. The van der Waals surface area contributed by atoms with Crippen molar-refractivity contribution in [1.82, 2.24) is 19.0 Å². The first kappa shape index (κ1) is 16.8. The number of nitrogens with zero attached hydrogens (tertiary/aromatic N) is 4. The molecule has 1 saturated heterocycles. The van der Waals surface area contributed by atoms with Gasteiger partial charge in [0, 0.05) is 56.4 Å². The SMILES string of the molecule is Cc1c(C(=O)N2CCC[C@@H](c3nccn3C)C2)n(C)c2ccc(F)cc12. The average molecular weight is 354 g/mol. The summed E-state index contributed by atoms with van der Waals surface area (Å²) in [7, 11) is 3.87. The summed E-state index contributed by atoms with van der Waals surface area (Å²) < 4.78 is 17.6. The normalized spacial score (nSPS) is 17.8. The van der Waals surface area contributed by atoms with E-state index in [1.54, 1.807) is 12.3 Å². The second kappa shape index (κ2) is 6.27. The standard InChI is InChI=1S/C20H23FN4O/c1-13-16-11-15(21)6-7-17(16)24(3)18(13)20(26)25-9-4-5-14(12-25)19-22-8-10-23(19)2/h6-8,10-11,14H,4-5,9,12H2,1-3H3/t14-/m1/s1. The van der Waals surface area contributed by atoms with Crippen molar-refractivity contribution in [2.24, 2.45) is 14.1 Å². The highest BCUT2D eigenvalue weighted by atomic mass is 19.1. The van der Waals surface area contributed by atoms with E-state index in [-0.39, 0.29) is 17.6 Å². The minimum absolute atomic E-state index is 0.0144. The van der Waals surface area contributed by atoms with Gasteiger partial charge in [-0.1, -0.05) is 0 Å². The quantitative estimate of drug-likeness (QED) is 0.708. The van der Waals surface area contributed by atoms with Crippen LogP contribution in [0.2, 0.25) is 0 Å². The van der Waals surface area contributed by atoms with Crippen LogP contribution in [0, 0.1) is 12.7 Å². The molecule has 0 saturated carbocycles. The monoisotopic (exact) mass is 354 g/mol. The van der Waals surface area contributed by atoms with Crippen LogP contribution in [0.4, 0.5) is 4.39 Å². The molecule has 1 aromatic carbocycles. The molecule has 6 heteroatoms. The van der Waals surface area contributed by atoms with Gasteiger partial charge in [-0.25, -0.2) is 9.37 Å². The van der Waals surface area contributed by atoms with Crippen molar-refractivity contribution < 1.29 is 9.18 Å². The molecule has 1 aliphatic heterocycles. The summed E-state index contributed by atoms with van der Waals surface area (Å²) in [6.45, 7) is 3.31. The number of carbonyl (C=O) groups excluding carboxylic acids is 1. The Labute approximate surface area is 152 Å². The molecule has 1 aliphatic rings. The predicted octanol–water partition coefficient (Wildman–Crippen LogP) is 3.38. The van der Waals surface area contributed by atoms with Gasteiger partial charge in [0.2, 0.25) is 0 Å². The number of fused-ring (bicyclic) bond motifs is 1. The summed E-state index contributed by atoms with van der Waals surface area (Å²) in [5.41, 5.74) is 2.36. The van der Waals surface area contributed by atoms with E-state index < -0.39 is 0 Å². The number of carbonyl (C=O) groups is 1. The molecule has 2 aromatic heterocycles. The van der Waals surface area contributed by atoms with E-state index in [4.69, 9.17) is 0 Å². The molecule has 1 atom stereocenters. The van der Waals surface area contributed by atoms with Gasteiger partial charge < -0.3 is 14.0 Å². The van der Waals surface area contributed by atoms with Crippen LogP contribution in [0.25, 0.3) is 10.9 Å². The number of aromatic nitrogens is 3. The molecule has 4 rings (SSSR count). The van der Waals surface area contributed by atoms with E-state index in [1.807, 2.05) is 41.3 Å². The lowest BCUT2D eigenvalue weighted by Gasteiger charge is -2.32. The van der Waals surface area contributed by atoms with Crippen LogP contribution in [0.1, 0.15) is 40.6 Å². The van der Waals surface area contributed by atoms with Gasteiger partial charge in [-0.05, 0) is 43.5 Å². The van der Waals surface area contributed by atoms with Crippen LogP contribution in [0.5, 0.6) is 0 Å². The molecule has 0 spiro atoms. The first-order valence-corrected chi connectivity index (χ1v) is 8.98. The van der Waals surface area contributed by atoms with Crippen molar-refractivity contribution in [3.05, 3.63) is 53.5 Å². The largest absolute Gasteiger partial charge is 0.339 e. The number of piperidine rings is 1. The van der Waals surface area contributed by atoms with E-state index in [1.165, 1.54) is 12.1 Å². The number of amides is 1. The van der Waals surface area contributed by atoms with Crippen molar-refractivity contribution >= 4 is 16.8 Å². The summed E-state index contributed by atoms with van der Waals surface area (Å²) in [4.78, 5) is 19.7. The Morgan fingerprint density at radius 2 is 2.12 bits per heavy atom. The molecule has 136 valence electrons. The molecule has 1 amide bonds. The van der Waals surface area contributed by atoms with E-state index in [2.05, 4.69) is 4.98 Å². The molecule has 0 bridgehead atoms. The number of likely N-dealkylation sites (tertiary alicyclic amines) is 1. The van der Waals surface area contributed by atoms with E-state index in [0.29, 0.717) is 12.2 Å². The molecule has 3 heterocycles. The summed E-state index contributed by atoms with van der Waals surface area (Å²) in [6, 6.07) is 4.68. The zero-order valence-electron chi connectivity index (χ0n) is 15.4. The van der Waals surface area contributed by atoms with Gasteiger partial charge in [0.05, 0.1) is 0 Å².